The minimum atomic E-state index is 0.946. The molecule has 0 aliphatic rings. The number of nitrogens with zero attached hydrogens (tertiary/aromatic N) is 1. The zero-order chi connectivity index (χ0) is 22.7. The summed E-state index contributed by atoms with van der Waals surface area (Å²) in [5.41, 5.74) is 10.6. The maximum Gasteiger partial charge on any atom is 0.213 e. The Labute approximate surface area is 193 Å². The van der Waals surface area contributed by atoms with Crippen molar-refractivity contribution in [2.75, 3.05) is 0 Å². The summed E-state index contributed by atoms with van der Waals surface area (Å²) in [4.78, 5) is 0. The lowest BCUT2D eigenvalue weighted by molar-refractivity contribution is -0.660. The minimum absolute atomic E-state index is 0.946. The molecule has 33 heavy (non-hydrogen) atoms. The Bertz CT molecular complexity index is 1690. The molecule has 0 spiro atoms. The topological polar surface area (TPSA) is 17.0 Å². The fraction of sp³-hybridized carbons (Fsp3) is 0.129. The second-order valence-corrected chi connectivity index (χ2v) is 9.05. The number of aromatic nitrogens is 1. The molecule has 6 rings (SSSR count). The molecule has 4 aromatic carbocycles. The van der Waals surface area contributed by atoms with Crippen LogP contribution in [0.25, 0.3) is 55.1 Å². The first-order valence-corrected chi connectivity index (χ1v) is 11.4. The molecule has 0 saturated heterocycles. The van der Waals surface area contributed by atoms with E-state index in [0.717, 1.165) is 16.6 Å². The number of rotatable bonds is 2. The maximum atomic E-state index is 6.53. The van der Waals surface area contributed by atoms with Crippen molar-refractivity contribution in [3.63, 3.8) is 0 Å². The Hall–Kier alpha value is -3.91. The number of benzene rings is 4. The maximum absolute atomic E-state index is 6.53. The molecule has 160 valence electrons. The van der Waals surface area contributed by atoms with Crippen LogP contribution in [0.15, 0.2) is 89.5 Å². The van der Waals surface area contributed by atoms with Gasteiger partial charge >= 0.3 is 0 Å². The molecule has 0 atom stereocenters. The van der Waals surface area contributed by atoms with Crippen molar-refractivity contribution in [3.05, 3.63) is 102 Å². The molecule has 6 aromatic rings. The molecule has 0 amide bonds. The van der Waals surface area contributed by atoms with E-state index in [-0.39, 0.29) is 0 Å². The molecule has 0 fully saturated rings. The van der Waals surface area contributed by atoms with Gasteiger partial charge in [0.25, 0.3) is 0 Å². The van der Waals surface area contributed by atoms with Crippen molar-refractivity contribution in [3.8, 4) is 22.4 Å². The predicted octanol–water partition coefficient (Wildman–Crippen LogP) is 7.82. The van der Waals surface area contributed by atoms with E-state index < -0.39 is 0 Å². The monoisotopic (exact) mass is 428 g/mol. The Kier molecular flexibility index (Phi) is 4.38. The van der Waals surface area contributed by atoms with E-state index in [1.807, 2.05) is 0 Å². The van der Waals surface area contributed by atoms with Gasteiger partial charge < -0.3 is 4.42 Å². The van der Waals surface area contributed by atoms with Crippen molar-refractivity contribution in [2.24, 2.45) is 7.05 Å². The van der Waals surface area contributed by atoms with Crippen molar-refractivity contribution < 1.29 is 8.98 Å². The Morgan fingerprint density at radius 3 is 2.27 bits per heavy atom. The first kappa shape index (κ1) is 19.8. The van der Waals surface area contributed by atoms with Gasteiger partial charge in [0.2, 0.25) is 5.69 Å². The second kappa shape index (κ2) is 7.31. The van der Waals surface area contributed by atoms with Crippen LogP contribution in [-0.2, 0) is 7.05 Å². The van der Waals surface area contributed by atoms with E-state index >= 15 is 0 Å². The van der Waals surface area contributed by atoms with Gasteiger partial charge in [-0.3, -0.25) is 0 Å². The highest BCUT2D eigenvalue weighted by atomic mass is 16.3. The minimum Gasteiger partial charge on any atom is -0.455 e. The molecule has 0 radical (unpaired) electrons. The molecule has 2 heteroatoms. The number of hydrogen-bond donors (Lipinski definition) is 0. The summed E-state index contributed by atoms with van der Waals surface area (Å²) >= 11 is 0. The molecule has 2 heterocycles. The zero-order valence-electron chi connectivity index (χ0n) is 19.4. The summed E-state index contributed by atoms with van der Waals surface area (Å²) in [5, 5.41) is 4.78. The van der Waals surface area contributed by atoms with Crippen LogP contribution in [0.2, 0.25) is 0 Å². The standard InChI is InChI=1S/C31H26NO/c1-19-18-32(4)28(16-26(19)22-10-6-5-7-11-22)27-17-29-30(21(3)20(27)2)25-15-14-23-12-8-9-13-24(23)31(25)33-29/h5-18H,1-4H3/q+1. The van der Waals surface area contributed by atoms with Crippen LogP contribution < -0.4 is 4.57 Å². The molecule has 2 aromatic heterocycles. The Balaban J connectivity index is 1.65. The normalized spacial score (nSPS) is 11.6. The van der Waals surface area contributed by atoms with E-state index in [1.165, 1.54) is 55.2 Å². The highest BCUT2D eigenvalue weighted by molar-refractivity contribution is 6.16. The number of furan rings is 1. The Morgan fingerprint density at radius 2 is 1.45 bits per heavy atom. The first-order chi connectivity index (χ1) is 16.0. The van der Waals surface area contributed by atoms with E-state index in [4.69, 9.17) is 4.42 Å². The Morgan fingerprint density at radius 1 is 0.697 bits per heavy atom. The molecule has 0 saturated carbocycles. The zero-order valence-corrected chi connectivity index (χ0v) is 19.4. The average Bonchev–Trinajstić information content (AvgIpc) is 3.21. The van der Waals surface area contributed by atoms with Crippen LogP contribution in [0.3, 0.4) is 0 Å². The van der Waals surface area contributed by atoms with Crippen LogP contribution in [0.4, 0.5) is 0 Å². The van der Waals surface area contributed by atoms with E-state index in [2.05, 4.69) is 117 Å². The average molecular weight is 429 g/mol. The van der Waals surface area contributed by atoms with E-state index in [1.54, 1.807) is 0 Å². The van der Waals surface area contributed by atoms with Gasteiger partial charge in [0, 0.05) is 27.8 Å². The lowest BCUT2D eigenvalue weighted by Gasteiger charge is -2.12. The number of hydrogen-bond acceptors (Lipinski definition) is 1. The smallest absolute Gasteiger partial charge is 0.213 e. The highest BCUT2D eigenvalue weighted by Gasteiger charge is 2.22. The van der Waals surface area contributed by atoms with Gasteiger partial charge in [-0.25, -0.2) is 4.57 Å². The third-order valence-corrected chi connectivity index (χ3v) is 7.06. The number of aryl methyl sites for hydroxylation is 3. The molecule has 0 bridgehead atoms. The largest absolute Gasteiger partial charge is 0.455 e. The summed E-state index contributed by atoms with van der Waals surface area (Å²) in [5.74, 6) is 0. The summed E-state index contributed by atoms with van der Waals surface area (Å²) in [6.07, 6.45) is 2.22. The summed E-state index contributed by atoms with van der Waals surface area (Å²) in [6.45, 7) is 6.63. The van der Waals surface area contributed by atoms with Gasteiger partial charge in [0.05, 0.1) is 5.56 Å². The van der Waals surface area contributed by atoms with Gasteiger partial charge in [-0.05, 0) is 60.5 Å². The third kappa shape index (κ3) is 2.98. The van der Waals surface area contributed by atoms with Crippen LogP contribution in [0.5, 0.6) is 0 Å². The molecule has 0 aliphatic carbocycles. The van der Waals surface area contributed by atoms with Crippen molar-refractivity contribution in [1.82, 2.24) is 0 Å². The lowest BCUT2D eigenvalue weighted by atomic mass is 9.93. The number of fused-ring (bicyclic) bond motifs is 5. The fourth-order valence-corrected chi connectivity index (χ4v) is 5.21. The first-order valence-electron chi connectivity index (χ1n) is 11.4. The highest BCUT2D eigenvalue weighted by Crippen LogP contribution is 2.40. The summed E-state index contributed by atoms with van der Waals surface area (Å²) < 4.78 is 8.76. The lowest BCUT2D eigenvalue weighted by Crippen LogP contribution is -2.31. The molecule has 0 N–H and O–H groups in total. The van der Waals surface area contributed by atoms with Crippen LogP contribution in [-0.4, -0.2) is 0 Å². The summed E-state index contributed by atoms with van der Waals surface area (Å²) in [7, 11) is 2.13. The summed E-state index contributed by atoms with van der Waals surface area (Å²) in [6, 6.07) is 28.0. The van der Waals surface area contributed by atoms with Gasteiger partial charge in [0.15, 0.2) is 6.20 Å². The van der Waals surface area contributed by atoms with E-state index in [9.17, 15) is 0 Å². The number of pyridine rings is 1. The van der Waals surface area contributed by atoms with Gasteiger partial charge in [-0.1, -0.05) is 60.7 Å². The van der Waals surface area contributed by atoms with Gasteiger partial charge in [-0.15, -0.1) is 0 Å². The fourth-order valence-electron chi connectivity index (χ4n) is 5.21. The van der Waals surface area contributed by atoms with Crippen molar-refractivity contribution in [2.45, 2.75) is 20.8 Å². The van der Waals surface area contributed by atoms with Crippen LogP contribution in [0.1, 0.15) is 16.7 Å². The predicted molar refractivity (Wildman–Crippen MR) is 137 cm³/mol. The third-order valence-electron chi connectivity index (χ3n) is 7.06. The van der Waals surface area contributed by atoms with Crippen LogP contribution in [0, 0.1) is 20.8 Å². The molecule has 0 unspecified atom stereocenters. The van der Waals surface area contributed by atoms with Crippen LogP contribution >= 0.6 is 0 Å². The second-order valence-electron chi connectivity index (χ2n) is 9.05. The van der Waals surface area contributed by atoms with E-state index in [0.29, 0.717) is 0 Å². The molecule has 2 nitrogen and oxygen atoms in total. The van der Waals surface area contributed by atoms with Crippen molar-refractivity contribution in [1.29, 1.82) is 0 Å². The van der Waals surface area contributed by atoms with Gasteiger partial charge in [-0.2, -0.15) is 0 Å². The molecular weight excluding hydrogens is 402 g/mol. The van der Waals surface area contributed by atoms with Gasteiger partial charge in [0.1, 0.15) is 18.2 Å². The SMILES string of the molecule is Cc1c[n+](C)c(-c2cc3oc4c5ccccc5ccc4c3c(C)c2C)cc1-c1ccccc1. The van der Waals surface area contributed by atoms with Crippen molar-refractivity contribution >= 4 is 32.7 Å². The molecule has 0 aliphatic heterocycles. The quantitative estimate of drug-likeness (QED) is 0.257. The molecular formula is C31H26NO+.